The van der Waals surface area contributed by atoms with Crippen LogP contribution in [0.15, 0.2) is 49.3 Å². The Balaban J connectivity index is 2.05. The number of hydrogen-bond acceptors (Lipinski definition) is 9. The second kappa shape index (κ2) is 11.2. The van der Waals surface area contributed by atoms with Gasteiger partial charge in [-0.25, -0.2) is 9.97 Å². The molecule has 0 fully saturated rings. The number of nitrogens with one attached hydrogen (secondary N) is 3. The summed E-state index contributed by atoms with van der Waals surface area (Å²) in [5.41, 5.74) is 3.97. The van der Waals surface area contributed by atoms with Gasteiger partial charge in [0, 0.05) is 24.5 Å². The maximum Gasteiger partial charge on any atom is 0.421 e. The number of pyridine rings is 1. The van der Waals surface area contributed by atoms with Crippen molar-refractivity contribution in [1.82, 2.24) is 15.0 Å². The molecule has 5 N–H and O–H groups in total. The molecule has 3 aromatic rings. The van der Waals surface area contributed by atoms with Crippen LogP contribution in [0.2, 0.25) is 0 Å². The number of nitrogens with two attached hydrogens (primary N) is 1. The van der Waals surface area contributed by atoms with Crippen molar-refractivity contribution in [3.63, 3.8) is 0 Å². The highest BCUT2D eigenvalue weighted by molar-refractivity contribution is 6.01. The van der Waals surface area contributed by atoms with Crippen molar-refractivity contribution in [3.05, 3.63) is 60.4 Å². The number of alkyl halides is 3. The zero-order chi connectivity index (χ0) is 29.0. The van der Waals surface area contributed by atoms with E-state index in [4.69, 9.17) is 15.2 Å². The van der Waals surface area contributed by atoms with E-state index in [0.717, 1.165) is 6.08 Å². The summed E-state index contributed by atoms with van der Waals surface area (Å²) in [4.78, 5) is 35.6. The molecule has 0 aliphatic rings. The van der Waals surface area contributed by atoms with Gasteiger partial charge >= 0.3 is 6.18 Å². The Labute approximate surface area is 221 Å². The Morgan fingerprint density at radius 2 is 1.77 bits per heavy atom. The van der Waals surface area contributed by atoms with Crippen molar-refractivity contribution >= 4 is 40.6 Å². The topological polar surface area (TPSA) is 153 Å². The molecule has 1 aromatic carbocycles. The lowest BCUT2D eigenvalue weighted by Crippen LogP contribution is -2.43. The molecule has 0 saturated heterocycles. The van der Waals surface area contributed by atoms with Gasteiger partial charge in [0.05, 0.1) is 24.2 Å². The number of anilines is 5. The number of methoxy groups -OCH3 is 1. The van der Waals surface area contributed by atoms with Crippen molar-refractivity contribution in [3.8, 4) is 11.6 Å². The maximum absolute atomic E-state index is 13.9. The Bertz CT molecular complexity index is 1410. The van der Waals surface area contributed by atoms with Crippen LogP contribution in [0.4, 0.5) is 42.0 Å². The van der Waals surface area contributed by atoms with E-state index in [2.05, 4.69) is 37.5 Å². The van der Waals surface area contributed by atoms with Crippen LogP contribution in [0.1, 0.15) is 25.0 Å². The van der Waals surface area contributed by atoms with Crippen molar-refractivity contribution in [2.75, 3.05) is 23.1 Å². The molecule has 11 nitrogen and oxygen atoms in total. The molecule has 14 heteroatoms. The Morgan fingerprint density at radius 1 is 1.05 bits per heavy atom. The first kappa shape index (κ1) is 28.7. The monoisotopic (exact) mass is 545 g/mol. The summed E-state index contributed by atoms with van der Waals surface area (Å²) in [6, 6.07) is 5.59. The normalized spacial score (nSPS) is 11.4. The van der Waals surface area contributed by atoms with Gasteiger partial charge in [-0.15, -0.1) is 0 Å². The lowest BCUT2D eigenvalue weighted by atomic mass is 10.1. The average Bonchev–Trinajstić information content (AvgIpc) is 2.86. The van der Waals surface area contributed by atoms with E-state index in [-0.39, 0.29) is 29.0 Å². The first-order valence-corrected chi connectivity index (χ1v) is 11.3. The molecule has 39 heavy (non-hydrogen) atoms. The fourth-order valence-corrected chi connectivity index (χ4v) is 3.07. The number of hydrogen-bond donors (Lipinski definition) is 4. The highest BCUT2D eigenvalue weighted by Gasteiger charge is 2.36. The van der Waals surface area contributed by atoms with Gasteiger partial charge in [0.1, 0.15) is 17.1 Å². The van der Waals surface area contributed by atoms with Crippen LogP contribution in [-0.2, 0) is 15.8 Å². The minimum Gasteiger partial charge on any atom is -0.481 e. The SMILES string of the molecule is C=CC(=O)Nc1cc(OC(C)(C)C(N)=O)ccc1Nc1nc(Nc2cc(OC)ncc2C)ncc1C(F)(F)F. The number of halogens is 3. The second-order valence-electron chi connectivity index (χ2n) is 8.62. The van der Waals surface area contributed by atoms with Gasteiger partial charge in [-0.1, -0.05) is 6.58 Å². The third-order valence-corrected chi connectivity index (χ3v) is 5.28. The summed E-state index contributed by atoms with van der Waals surface area (Å²) in [7, 11) is 1.42. The van der Waals surface area contributed by atoms with Gasteiger partial charge in [-0.2, -0.15) is 18.2 Å². The molecule has 0 spiro atoms. The number of aromatic nitrogens is 3. The number of rotatable bonds is 10. The average molecular weight is 546 g/mol. The van der Waals surface area contributed by atoms with Crippen LogP contribution in [0.25, 0.3) is 0 Å². The molecule has 0 aliphatic carbocycles. The molecule has 2 aromatic heterocycles. The van der Waals surface area contributed by atoms with Crippen molar-refractivity contribution < 1.29 is 32.2 Å². The van der Waals surface area contributed by atoms with E-state index in [9.17, 15) is 22.8 Å². The smallest absolute Gasteiger partial charge is 0.421 e. The molecule has 0 atom stereocenters. The number of primary amides is 1. The van der Waals surface area contributed by atoms with Crippen LogP contribution < -0.4 is 31.2 Å². The zero-order valence-electron chi connectivity index (χ0n) is 21.4. The van der Waals surface area contributed by atoms with Crippen LogP contribution in [0, 0.1) is 6.92 Å². The summed E-state index contributed by atoms with van der Waals surface area (Å²) in [6.45, 7) is 7.99. The van der Waals surface area contributed by atoms with Crippen molar-refractivity contribution in [2.45, 2.75) is 32.5 Å². The molecule has 0 radical (unpaired) electrons. The summed E-state index contributed by atoms with van der Waals surface area (Å²) in [5.74, 6) is -1.75. The molecular formula is C25H26F3N7O4. The highest BCUT2D eigenvalue weighted by atomic mass is 19.4. The lowest BCUT2D eigenvalue weighted by Gasteiger charge is -2.24. The predicted molar refractivity (Wildman–Crippen MR) is 138 cm³/mol. The fraction of sp³-hybridized carbons (Fsp3) is 0.240. The summed E-state index contributed by atoms with van der Waals surface area (Å²) >= 11 is 0. The molecule has 2 heterocycles. The molecule has 206 valence electrons. The number of carbonyl (C=O) groups is 2. The first-order valence-electron chi connectivity index (χ1n) is 11.3. The lowest BCUT2D eigenvalue weighted by molar-refractivity contribution is -0.137. The van der Waals surface area contributed by atoms with E-state index < -0.39 is 35.0 Å². The Morgan fingerprint density at radius 3 is 2.38 bits per heavy atom. The van der Waals surface area contributed by atoms with Gasteiger partial charge in [0.2, 0.25) is 17.7 Å². The minimum absolute atomic E-state index is 0.0219. The van der Waals surface area contributed by atoms with Gasteiger partial charge in [0.15, 0.2) is 5.60 Å². The summed E-state index contributed by atoms with van der Waals surface area (Å²) in [5, 5.41) is 7.96. The fourth-order valence-electron chi connectivity index (χ4n) is 3.07. The first-order chi connectivity index (χ1) is 18.2. The highest BCUT2D eigenvalue weighted by Crippen LogP contribution is 2.38. The molecule has 3 rings (SSSR count). The van der Waals surface area contributed by atoms with E-state index in [1.165, 1.54) is 45.4 Å². The Kier molecular flexibility index (Phi) is 8.27. The number of aryl methyl sites for hydroxylation is 1. The van der Waals surface area contributed by atoms with Gasteiger partial charge in [-0.3, -0.25) is 9.59 Å². The Hall–Kier alpha value is -4.88. The third kappa shape index (κ3) is 7.12. The summed E-state index contributed by atoms with van der Waals surface area (Å²) in [6.07, 6.45) is -1.69. The van der Waals surface area contributed by atoms with Crippen LogP contribution >= 0.6 is 0 Å². The van der Waals surface area contributed by atoms with Crippen LogP contribution in [0.5, 0.6) is 11.6 Å². The van der Waals surface area contributed by atoms with E-state index in [1.807, 2.05) is 0 Å². The molecule has 2 amide bonds. The maximum atomic E-state index is 13.9. The largest absolute Gasteiger partial charge is 0.481 e. The van der Waals surface area contributed by atoms with Gasteiger partial charge in [0.25, 0.3) is 5.91 Å². The molecular weight excluding hydrogens is 519 g/mol. The molecule has 0 aliphatic heterocycles. The van der Waals surface area contributed by atoms with Gasteiger partial charge < -0.3 is 31.2 Å². The number of carbonyl (C=O) groups excluding carboxylic acids is 2. The van der Waals surface area contributed by atoms with Gasteiger partial charge in [-0.05, 0) is 44.5 Å². The van der Waals surface area contributed by atoms with Crippen LogP contribution in [0.3, 0.4) is 0 Å². The number of ether oxygens (including phenoxy) is 2. The van der Waals surface area contributed by atoms with E-state index >= 15 is 0 Å². The zero-order valence-corrected chi connectivity index (χ0v) is 21.4. The number of benzene rings is 1. The summed E-state index contributed by atoms with van der Waals surface area (Å²) < 4.78 is 52.3. The molecule has 0 saturated carbocycles. The van der Waals surface area contributed by atoms with Crippen molar-refractivity contribution in [2.24, 2.45) is 5.73 Å². The quantitative estimate of drug-likeness (QED) is 0.270. The number of amides is 2. The van der Waals surface area contributed by atoms with E-state index in [0.29, 0.717) is 17.4 Å². The second-order valence-corrected chi connectivity index (χ2v) is 8.62. The van der Waals surface area contributed by atoms with Crippen molar-refractivity contribution in [1.29, 1.82) is 0 Å². The van der Waals surface area contributed by atoms with Crippen LogP contribution in [-0.4, -0.2) is 39.5 Å². The van der Waals surface area contributed by atoms with E-state index in [1.54, 1.807) is 13.0 Å². The standard InChI is InChI=1S/C25H26F3N7O4/c1-6-19(36)32-18-9-14(39-24(3,4)22(29)37)7-8-16(18)33-21-15(25(26,27)28)12-31-23(35-21)34-17-10-20(38-5)30-11-13(17)2/h6-12H,1H2,2-5H3,(H2,29,37)(H,32,36)(H2,30,31,33,34,35). The molecule has 0 bridgehead atoms. The molecule has 0 unspecified atom stereocenters. The third-order valence-electron chi connectivity index (χ3n) is 5.28. The predicted octanol–water partition coefficient (Wildman–Crippen LogP) is 4.46. The number of nitrogens with zero attached hydrogens (tertiary/aromatic N) is 3. The minimum atomic E-state index is -4.81.